The molecule has 0 aliphatic carbocycles. The molecule has 1 rings (SSSR count). The zero-order valence-corrected chi connectivity index (χ0v) is 18.3. The van der Waals surface area contributed by atoms with Crippen LogP contribution in [0.5, 0.6) is 0 Å². The normalized spacial score (nSPS) is 12.3. The zero-order chi connectivity index (χ0) is 18.7. The lowest BCUT2D eigenvalue weighted by atomic mass is 10.0. The molecule has 5 nitrogen and oxygen atoms in total. The topological polar surface area (TPSA) is 69.4 Å². The van der Waals surface area contributed by atoms with Gasteiger partial charge in [-0.05, 0) is 44.4 Å². The zero-order valence-electron chi connectivity index (χ0n) is 16.0. The van der Waals surface area contributed by atoms with E-state index in [1.165, 1.54) is 18.2 Å². The van der Waals surface area contributed by atoms with Crippen LogP contribution in [0.3, 0.4) is 0 Å². The summed E-state index contributed by atoms with van der Waals surface area (Å²) < 4.78 is 19.6. The quantitative estimate of drug-likeness (QED) is 0.323. The molecule has 0 radical (unpaired) electrons. The second kappa shape index (κ2) is 13.8. The fourth-order valence-corrected chi connectivity index (χ4v) is 2.43. The fraction of sp³-hybridized carbons (Fsp3) is 0.579. The first kappa shape index (κ1) is 24.6. The van der Waals surface area contributed by atoms with Gasteiger partial charge in [-0.15, -0.1) is 24.0 Å². The van der Waals surface area contributed by atoms with Gasteiger partial charge in [0, 0.05) is 25.3 Å². The molecule has 0 saturated heterocycles. The van der Waals surface area contributed by atoms with Gasteiger partial charge in [-0.3, -0.25) is 0 Å². The minimum Gasteiger partial charge on any atom is -0.378 e. The van der Waals surface area contributed by atoms with Gasteiger partial charge in [0.15, 0.2) is 5.96 Å². The van der Waals surface area contributed by atoms with Crippen molar-refractivity contribution in [1.29, 1.82) is 5.26 Å². The van der Waals surface area contributed by atoms with Crippen LogP contribution in [0, 0.1) is 23.1 Å². The van der Waals surface area contributed by atoms with Gasteiger partial charge in [0.05, 0.1) is 24.3 Å². The smallest absolute Gasteiger partial charge is 0.191 e. The number of ether oxygens (including phenoxy) is 1. The molecule has 146 valence electrons. The van der Waals surface area contributed by atoms with Crippen LogP contribution in [0.2, 0.25) is 0 Å². The number of rotatable bonds is 9. The van der Waals surface area contributed by atoms with E-state index in [1.54, 1.807) is 0 Å². The van der Waals surface area contributed by atoms with E-state index < -0.39 is 0 Å². The molecule has 1 atom stereocenters. The lowest BCUT2D eigenvalue weighted by Crippen LogP contribution is -2.39. The van der Waals surface area contributed by atoms with E-state index in [1.807, 2.05) is 19.9 Å². The van der Waals surface area contributed by atoms with E-state index in [9.17, 15) is 4.39 Å². The largest absolute Gasteiger partial charge is 0.378 e. The predicted molar refractivity (Wildman–Crippen MR) is 114 cm³/mol. The summed E-state index contributed by atoms with van der Waals surface area (Å²) in [5.74, 6) is 0.724. The Hall–Kier alpha value is -1.40. The molecule has 2 N–H and O–H groups in total. The molecule has 0 spiro atoms. The van der Waals surface area contributed by atoms with Crippen LogP contribution in [0.4, 0.5) is 4.39 Å². The maximum absolute atomic E-state index is 13.8. The van der Waals surface area contributed by atoms with Crippen molar-refractivity contribution in [1.82, 2.24) is 10.6 Å². The van der Waals surface area contributed by atoms with Gasteiger partial charge in [-0.25, -0.2) is 9.38 Å². The molecule has 1 aromatic carbocycles. The summed E-state index contributed by atoms with van der Waals surface area (Å²) >= 11 is 0. The maximum Gasteiger partial charge on any atom is 0.191 e. The molecule has 7 heteroatoms. The number of nitrogens with one attached hydrogen (secondary N) is 2. The van der Waals surface area contributed by atoms with Gasteiger partial charge in [0.1, 0.15) is 5.82 Å². The average Bonchev–Trinajstić information content (AvgIpc) is 2.59. The number of hydrogen-bond acceptors (Lipinski definition) is 3. The summed E-state index contributed by atoms with van der Waals surface area (Å²) in [7, 11) is 0. The lowest BCUT2D eigenvalue weighted by molar-refractivity contribution is 0.0258. The Morgan fingerprint density at radius 3 is 2.62 bits per heavy atom. The van der Waals surface area contributed by atoms with Crippen LogP contribution in [0.25, 0.3) is 0 Å². The van der Waals surface area contributed by atoms with E-state index in [-0.39, 0.29) is 42.4 Å². The molecule has 26 heavy (non-hydrogen) atoms. The molecule has 0 heterocycles. The van der Waals surface area contributed by atoms with E-state index >= 15 is 0 Å². The van der Waals surface area contributed by atoms with E-state index in [2.05, 4.69) is 29.5 Å². The van der Waals surface area contributed by atoms with Crippen LogP contribution < -0.4 is 10.6 Å². The number of benzene rings is 1. The first-order valence-electron chi connectivity index (χ1n) is 8.84. The number of aliphatic imine (C=N–C) groups is 1. The van der Waals surface area contributed by atoms with Crippen LogP contribution in [-0.4, -0.2) is 31.8 Å². The first-order valence-corrected chi connectivity index (χ1v) is 8.84. The highest BCUT2D eigenvalue weighted by Crippen LogP contribution is 2.12. The van der Waals surface area contributed by atoms with Crippen molar-refractivity contribution in [3.8, 4) is 6.07 Å². The molecule has 0 aliphatic rings. The third kappa shape index (κ3) is 8.81. The standard InChI is InChI=1S/C19H29FN4O.HI/c1-5-22-19(23-10-9-18(14(3)4)25-6-2)24-13-16-11-15(12-21)7-8-17(16)20;/h7-8,11,14,18H,5-6,9-10,13H2,1-4H3,(H2,22,23,24);1H. The van der Waals surface area contributed by atoms with Gasteiger partial charge >= 0.3 is 0 Å². The van der Waals surface area contributed by atoms with E-state index in [0.717, 1.165) is 13.0 Å². The Balaban J connectivity index is 0.00000625. The maximum atomic E-state index is 13.8. The Kier molecular flexibility index (Phi) is 13.0. The Labute approximate surface area is 173 Å². The van der Waals surface area contributed by atoms with Gasteiger partial charge in [-0.2, -0.15) is 5.26 Å². The number of nitrogens with zero attached hydrogens (tertiary/aromatic N) is 2. The van der Waals surface area contributed by atoms with Crippen LogP contribution in [0.1, 0.15) is 45.2 Å². The highest BCUT2D eigenvalue weighted by atomic mass is 127. The summed E-state index contributed by atoms with van der Waals surface area (Å²) in [5, 5.41) is 15.3. The fourth-order valence-electron chi connectivity index (χ4n) is 2.43. The summed E-state index contributed by atoms with van der Waals surface area (Å²) in [6.45, 7) is 10.6. The third-order valence-corrected chi connectivity index (χ3v) is 3.77. The first-order chi connectivity index (χ1) is 12.0. The molecule has 1 unspecified atom stereocenters. The van der Waals surface area contributed by atoms with Crippen molar-refractivity contribution >= 4 is 29.9 Å². The Morgan fingerprint density at radius 1 is 1.31 bits per heavy atom. The Morgan fingerprint density at radius 2 is 2.04 bits per heavy atom. The van der Waals surface area contributed by atoms with E-state index in [4.69, 9.17) is 10.00 Å². The molecule has 0 amide bonds. The van der Waals surface area contributed by atoms with Crippen molar-refractivity contribution in [2.75, 3.05) is 19.7 Å². The minimum atomic E-state index is -0.352. The minimum absolute atomic E-state index is 0. The summed E-state index contributed by atoms with van der Waals surface area (Å²) in [6, 6.07) is 6.32. The summed E-state index contributed by atoms with van der Waals surface area (Å²) in [6.07, 6.45) is 1.07. The molecular formula is C19H30FIN4O. The number of hydrogen-bond donors (Lipinski definition) is 2. The van der Waals surface area contributed by atoms with Gasteiger partial charge in [0.25, 0.3) is 0 Å². The van der Waals surface area contributed by atoms with Crippen molar-refractivity contribution in [2.45, 2.75) is 46.8 Å². The third-order valence-electron chi connectivity index (χ3n) is 3.77. The molecular weight excluding hydrogens is 446 g/mol. The van der Waals surface area contributed by atoms with Gasteiger partial charge in [0.2, 0.25) is 0 Å². The second-order valence-electron chi connectivity index (χ2n) is 6.07. The van der Waals surface area contributed by atoms with Gasteiger partial charge in [-0.1, -0.05) is 13.8 Å². The molecule has 0 aromatic heterocycles. The average molecular weight is 476 g/mol. The highest BCUT2D eigenvalue weighted by molar-refractivity contribution is 14.0. The van der Waals surface area contributed by atoms with Crippen molar-refractivity contribution in [3.05, 3.63) is 35.1 Å². The molecule has 1 aromatic rings. The van der Waals surface area contributed by atoms with Crippen LogP contribution in [-0.2, 0) is 11.3 Å². The lowest BCUT2D eigenvalue weighted by Gasteiger charge is -2.21. The number of halogens is 2. The predicted octanol–water partition coefficient (Wildman–Crippen LogP) is 3.82. The summed E-state index contributed by atoms with van der Waals surface area (Å²) in [5.41, 5.74) is 0.840. The van der Waals surface area contributed by atoms with Crippen molar-refractivity contribution < 1.29 is 9.13 Å². The summed E-state index contributed by atoms with van der Waals surface area (Å²) in [4.78, 5) is 4.41. The number of guanidine groups is 1. The molecule has 0 bridgehead atoms. The van der Waals surface area contributed by atoms with Crippen molar-refractivity contribution in [2.24, 2.45) is 10.9 Å². The molecule has 0 aliphatic heterocycles. The monoisotopic (exact) mass is 476 g/mol. The number of nitriles is 1. The van der Waals surface area contributed by atoms with Gasteiger partial charge < -0.3 is 15.4 Å². The van der Waals surface area contributed by atoms with E-state index in [0.29, 0.717) is 36.2 Å². The SMILES string of the molecule is CCNC(=NCc1cc(C#N)ccc1F)NCCC(OCC)C(C)C.I. The molecule has 0 fully saturated rings. The molecule has 0 saturated carbocycles. The second-order valence-corrected chi connectivity index (χ2v) is 6.07. The van der Waals surface area contributed by atoms with Crippen LogP contribution in [0.15, 0.2) is 23.2 Å². The van der Waals surface area contributed by atoms with Crippen LogP contribution >= 0.6 is 24.0 Å². The van der Waals surface area contributed by atoms with Crippen molar-refractivity contribution in [3.63, 3.8) is 0 Å². The Bertz CT molecular complexity index is 602. The highest BCUT2D eigenvalue weighted by Gasteiger charge is 2.13.